The second-order valence-electron chi connectivity index (χ2n) is 5.26. The Morgan fingerprint density at radius 2 is 1.96 bits per heavy atom. The molecule has 0 heterocycles. The summed E-state index contributed by atoms with van der Waals surface area (Å²) in [6.07, 6.45) is 2.02. The van der Waals surface area contributed by atoms with Crippen LogP contribution in [0.5, 0.6) is 0 Å². The fraction of sp³-hybridized carbons (Fsp3) is 0.222. The highest BCUT2D eigenvalue weighted by Crippen LogP contribution is 2.20. The van der Waals surface area contributed by atoms with Gasteiger partial charge >= 0.3 is 0 Å². The van der Waals surface area contributed by atoms with Crippen LogP contribution >= 0.6 is 15.9 Å². The van der Waals surface area contributed by atoms with Crippen molar-refractivity contribution in [2.75, 3.05) is 6.54 Å². The zero-order chi connectivity index (χ0) is 16.7. The first-order valence-corrected chi connectivity index (χ1v) is 8.20. The van der Waals surface area contributed by atoms with Gasteiger partial charge in [0.25, 0.3) is 0 Å². The zero-order valence-corrected chi connectivity index (χ0v) is 14.3. The number of hydrogen-bond donors (Lipinski definition) is 3. The van der Waals surface area contributed by atoms with E-state index >= 15 is 0 Å². The highest BCUT2D eigenvalue weighted by molar-refractivity contribution is 9.10. The van der Waals surface area contributed by atoms with Gasteiger partial charge in [0.1, 0.15) is 0 Å². The lowest BCUT2D eigenvalue weighted by molar-refractivity contribution is 0.0998. The smallest absolute Gasteiger partial charge is 0.250 e. The van der Waals surface area contributed by atoms with Crippen LogP contribution in [0, 0.1) is 6.42 Å². The van der Waals surface area contributed by atoms with Crippen molar-refractivity contribution in [3.05, 3.63) is 76.1 Å². The van der Waals surface area contributed by atoms with Gasteiger partial charge in [-0.2, -0.15) is 0 Å². The number of aliphatic hydroxyl groups excluding tert-OH is 1. The van der Waals surface area contributed by atoms with Gasteiger partial charge in [0.2, 0.25) is 5.91 Å². The molecule has 0 spiro atoms. The van der Waals surface area contributed by atoms with Gasteiger partial charge in [-0.1, -0.05) is 42.5 Å². The van der Waals surface area contributed by atoms with Gasteiger partial charge in [-0.15, -0.1) is 0 Å². The van der Waals surface area contributed by atoms with Crippen LogP contribution in [0.15, 0.2) is 53.0 Å². The van der Waals surface area contributed by atoms with Gasteiger partial charge in [0, 0.05) is 17.6 Å². The van der Waals surface area contributed by atoms with Crippen LogP contribution in [0.1, 0.15) is 21.5 Å². The molecule has 0 fully saturated rings. The van der Waals surface area contributed by atoms with E-state index in [4.69, 9.17) is 5.73 Å². The van der Waals surface area contributed by atoms with Crippen LogP contribution < -0.4 is 11.1 Å². The summed E-state index contributed by atoms with van der Waals surface area (Å²) in [5.74, 6) is -0.467. The SMILES string of the molecule is NC(=O)c1c(Br)cccc1CNC[C@H](O)[CH]Cc1ccccc1. The molecule has 2 aromatic rings. The zero-order valence-electron chi connectivity index (χ0n) is 12.7. The lowest BCUT2D eigenvalue weighted by Crippen LogP contribution is -2.28. The Balaban J connectivity index is 1.81. The third-order valence-electron chi connectivity index (χ3n) is 3.48. The van der Waals surface area contributed by atoms with Crippen LogP contribution in [0.3, 0.4) is 0 Å². The van der Waals surface area contributed by atoms with Crippen LogP contribution in [-0.4, -0.2) is 23.7 Å². The van der Waals surface area contributed by atoms with Crippen molar-refractivity contribution in [2.24, 2.45) is 5.73 Å². The molecule has 0 unspecified atom stereocenters. The Hall–Kier alpha value is -1.69. The summed E-state index contributed by atoms with van der Waals surface area (Å²) >= 11 is 3.34. The first kappa shape index (κ1) is 17.7. The van der Waals surface area contributed by atoms with Crippen LogP contribution in [0.25, 0.3) is 0 Å². The normalized spacial score (nSPS) is 12.1. The molecule has 4 nitrogen and oxygen atoms in total. The minimum absolute atomic E-state index is 0.414. The number of halogens is 1. The number of nitrogens with one attached hydrogen (secondary N) is 1. The lowest BCUT2D eigenvalue weighted by Gasteiger charge is -2.13. The number of rotatable bonds is 8. The topological polar surface area (TPSA) is 75.4 Å². The molecule has 0 aliphatic carbocycles. The Labute approximate surface area is 144 Å². The molecule has 0 saturated heterocycles. The maximum Gasteiger partial charge on any atom is 0.250 e. The Bertz CT molecular complexity index is 647. The predicted molar refractivity (Wildman–Crippen MR) is 94.8 cm³/mol. The summed E-state index contributed by atoms with van der Waals surface area (Å²) in [5, 5.41) is 13.2. The first-order valence-electron chi connectivity index (χ1n) is 7.41. The number of benzene rings is 2. The number of nitrogens with two attached hydrogens (primary N) is 1. The van der Waals surface area contributed by atoms with Crippen LogP contribution in [0.4, 0.5) is 0 Å². The summed E-state index contributed by atoms with van der Waals surface area (Å²) in [4.78, 5) is 11.5. The minimum Gasteiger partial charge on any atom is -0.391 e. The highest BCUT2D eigenvalue weighted by atomic mass is 79.9. The van der Waals surface area contributed by atoms with Gasteiger partial charge in [-0.3, -0.25) is 4.79 Å². The van der Waals surface area contributed by atoms with E-state index in [1.54, 1.807) is 6.07 Å². The van der Waals surface area contributed by atoms with E-state index in [0.29, 0.717) is 29.5 Å². The Kier molecular flexibility index (Phi) is 6.77. The summed E-state index contributed by atoms with van der Waals surface area (Å²) in [5.41, 5.74) is 7.85. The quantitative estimate of drug-likeness (QED) is 0.663. The summed E-state index contributed by atoms with van der Waals surface area (Å²) in [6, 6.07) is 15.5. The molecule has 1 amide bonds. The van der Waals surface area contributed by atoms with E-state index in [0.717, 1.165) is 11.1 Å². The van der Waals surface area contributed by atoms with Crippen LogP contribution in [-0.2, 0) is 13.0 Å². The molecule has 0 aromatic heterocycles. The van der Waals surface area contributed by atoms with Gasteiger partial charge in [-0.05, 0) is 46.0 Å². The standard InChI is InChI=1S/C18H20BrN2O2/c19-16-8-4-7-14(17(16)18(20)23)11-21-12-15(22)10-9-13-5-2-1-3-6-13/h1-8,10,15,21-22H,9,11-12H2,(H2,20,23)/t15-/m1/s1. The molecule has 0 saturated carbocycles. The van der Waals surface area contributed by atoms with Gasteiger partial charge in [-0.25, -0.2) is 0 Å². The molecule has 4 N–H and O–H groups in total. The lowest BCUT2D eigenvalue weighted by atomic mass is 10.1. The number of carbonyl (C=O) groups excluding carboxylic acids is 1. The van der Waals surface area contributed by atoms with Crippen LogP contribution in [0.2, 0.25) is 0 Å². The van der Waals surface area contributed by atoms with Crippen molar-refractivity contribution in [2.45, 2.75) is 19.1 Å². The monoisotopic (exact) mass is 375 g/mol. The highest BCUT2D eigenvalue weighted by Gasteiger charge is 2.12. The van der Waals surface area contributed by atoms with Crippen molar-refractivity contribution in [1.29, 1.82) is 0 Å². The molecule has 1 radical (unpaired) electrons. The third kappa shape index (κ3) is 5.46. The average Bonchev–Trinajstić information content (AvgIpc) is 2.53. The molecule has 0 aliphatic rings. The number of primary amides is 1. The molecule has 5 heteroatoms. The van der Waals surface area contributed by atoms with E-state index < -0.39 is 12.0 Å². The first-order chi connectivity index (χ1) is 11.1. The van der Waals surface area contributed by atoms with E-state index in [1.807, 2.05) is 48.9 Å². The van der Waals surface area contributed by atoms with Crippen molar-refractivity contribution in [3.63, 3.8) is 0 Å². The molecule has 0 bridgehead atoms. The van der Waals surface area contributed by atoms with Gasteiger partial charge in [0.15, 0.2) is 0 Å². The van der Waals surface area contributed by atoms with Crippen molar-refractivity contribution in [1.82, 2.24) is 5.32 Å². The molecule has 1 atom stereocenters. The summed E-state index contributed by atoms with van der Waals surface area (Å²) < 4.78 is 0.681. The fourth-order valence-corrected chi connectivity index (χ4v) is 2.92. The average molecular weight is 376 g/mol. The van der Waals surface area contributed by atoms with Crippen molar-refractivity contribution in [3.8, 4) is 0 Å². The number of aliphatic hydroxyl groups is 1. The molecular weight excluding hydrogens is 356 g/mol. The van der Waals surface area contributed by atoms with E-state index in [2.05, 4.69) is 21.2 Å². The molecule has 0 aliphatic heterocycles. The second-order valence-corrected chi connectivity index (χ2v) is 6.12. The molecule has 2 aromatic carbocycles. The van der Waals surface area contributed by atoms with Crippen molar-refractivity contribution < 1.29 is 9.90 Å². The Morgan fingerprint density at radius 3 is 2.65 bits per heavy atom. The fourth-order valence-electron chi connectivity index (χ4n) is 2.32. The molecule has 23 heavy (non-hydrogen) atoms. The van der Waals surface area contributed by atoms with E-state index in [1.165, 1.54) is 0 Å². The Morgan fingerprint density at radius 1 is 1.22 bits per heavy atom. The van der Waals surface area contributed by atoms with E-state index in [-0.39, 0.29) is 0 Å². The minimum atomic E-state index is -0.556. The van der Waals surface area contributed by atoms with Gasteiger partial charge in [0.05, 0.1) is 11.7 Å². The second kappa shape index (κ2) is 8.82. The number of amides is 1. The third-order valence-corrected chi connectivity index (χ3v) is 4.14. The molecular formula is C18H20BrN2O2. The van der Waals surface area contributed by atoms with Gasteiger partial charge < -0.3 is 16.2 Å². The largest absolute Gasteiger partial charge is 0.391 e. The van der Waals surface area contributed by atoms with E-state index in [9.17, 15) is 9.90 Å². The maximum absolute atomic E-state index is 11.5. The maximum atomic E-state index is 11.5. The predicted octanol–water partition coefficient (Wildman–Crippen LogP) is 2.45. The summed E-state index contributed by atoms with van der Waals surface area (Å²) in [7, 11) is 0. The number of hydrogen-bond acceptors (Lipinski definition) is 3. The molecule has 121 valence electrons. The van der Waals surface area contributed by atoms with Crippen molar-refractivity contribution >= 4 is 21.8 Å². The summed E-state index contributed by atoms with van der Waals surface area (Å²) in [6.45, 7) is 0.880. The number of carbonyl (C=O) groups is 1. The molecule has 2 rings (SSSR count).